The Labute approximate surface area is 195 Å². The van der Waals surface area contributed by atoms with E-state index in [0.717, 1.165) is 31.6 Å². The topological polar surface area (TPSA) is 95.7 Å². The van der Waals surface area contributed by atoms with Crippen molar-refractivity contribution in [1.29, 1.82) is 0 Å². The summed E-state index contributed by atoms with van der Waals surface area (Å²) in [5.41, 5.74) is 9.52. The first-order valence-electron chi connectivity index (χ1n) is 11.6. The molecule has 2 N–H and O–H groups in total. The lowest BCUT2D eigenvalue weighted by Crippen LogP contribution is -2.38. The predicted octanol–water partition coefficient (Wildman–Crippen LogP) is 2.78. The molecule has 0 aliphatic carbocycles. The summed E-state index contributed by atoms with van der Waals surface area (Å²) in [6.45, 7) is 10.1. The van der Waals surface area contributed by atoms with Crippen LogP contribution >= 0.6 is 0 Å². The molecule has 2 aliphatic heterocycles. The van der Waals surface area contributed by atoms with E-state index in [1.807, 2.05) is 19.1 Å². The Balaban J connectivity index is 1.60. The van der Waals surface area contributed by atoms with Gasteiger partial charge in [0.2, 0.25) is 5.82 Å². The van der Waals surface area contributed by atoms with Crippen LogP contribution in [0.1, 0.15) is 53.5 Å². The maximum absolute atomic E-state index is 13.0. The minimum absolute atomic E-state index is 0.00785. The Hall–Kier alpha value is -3.26. The summed E-state index contributed by atoms with van der Waals surface area (Å²) < 4.78 is 0. The van der Waals surface area contributed by atoms with E-state index in [2.05, 4.69) is 33.6 Å². The predicted molar refractivity (Wildman–Crippen MR) is 129 cm³/mol. The first-order valence-corrected chi connectivity index (χ1v) is 11.6. The number of nitrogens with zero attached hydrogens (tertiary/aromatic N) is 5. The van der Waals surface area contributed by atoms with Crippen LogP contribution in [0.15, 0.2) is 36.4 Å². The third-order valence-corrected chi connectivity index (χ3v) is 6.28. The van der Waals surface area contributed by atoms with E-state index in [1.165, 1.54) is 18.4 Å². The van der Waals surface area contributed by atoms with Gasteiger partial charge < -0.3 is 10.6 Å². The third kappa shape index (κ3) is 4.90. The number of carbonyl (C=O) groups excluding carboxylic acids is 2. The zero-order valence-corrected chi connectivity index (χ0v) is 19.5. The molecule has 2 aromatic rings. The molecule has 0 spiro atoms. The van der Waals surface area contributed by atoms with Crippen LogP contribution in [-0.4, -0.2) is 58.3 Å². The van der Waals surface area contributed by atoms with Crippen molar-refractivity contribution in [1.82, 2.24) is 19.8 Å². The molecule has 2 amide bonds. The fraction of sp³-hybridized carbons (Fsp3) is 0.440. The average molecular weight is 449 g/mol. The summed E-state index contributed by atoms with van der Waals surface area (Å²) in [5, 5.41) is 0. The minimum Gasteiger partial charge on any atom is -0.383 e. The van der Waals surface area contributed by atoms with Crippen LogP contribution in [0, 0.1) is 0 Å². The SMILES string of the molecule is C=C1Cc2c(N)nc(C(=O)N(C)CCC)nc2N(Cc2ccc(CN3CCCC3)cc2)C1=O. The van der Waals surface area contributed by atoms with E-state index in [0.29, 0.717) is 30.0 Å². The van der Waals surface area contributed by atoms with Gasteiger partial charge in [-0.1, -0.05) is 37.8 Å². The molecular formula is C25H32N6O2. The average Bonchev–Trinajstić information content (AvgIpc) is 3.31. The molecule has 0 saturated carbocycles. The number of nitrogen functional groups attached to an aromatic ring is 1. The van der Waals surface area contributed by atoms with E-state index in [9.17, 15) is 9.59 Å². The molecule has 4 rings (SSSR count). The summed E-state index contributed by atoms with van der Waals surface area (Å²) >= 11 is 0. The summed E-state index contributed by atoms with van der Waals surface area (Å²) in [4.78, 5) is 40.1. The molecule has 33 heavy (non-hydrogen) atoms. The van der Waals surface area contributed by atoms with Crippen LogP contribution in [-0.2, 0) is 24.3 Å². The Kier molecular flexibility index (Phi) is 6.74. The van der Waals surface area contributed by atoms with Crippen LogP contribution in [0.25, 0.3) is 0 Å². The Bertz CT molecular complexity index is 1060. The molecule has 1 aromatic heterocycles. The zero-order valence-electron chi connectivity index (χ0n) is 19.5. The number of rotatable bonds is 7. The highest BCUT2D eigenvalue weighted by atomic mass is 16.2. The van der Waals surface area contributed by atoms with Crippen LogP contribution in [0.2, 0.25) is 0 Å². The molecule has 174 valence electrons. The molecule has 2 aliphatic rings. The van der Waals surface area contributed by atoms with Gasteiger partial charge in [-0.25, -0.2) is 9.97 Å². The maximum atomic E-state index is 13.0. The van der Waals surface area contributed by atoms with Crippen LogP contribution < -0.4 is 10.6 Å². The standard InChI is InChI=1S/C25H32N6O2/c1-4-11-29(3)25(33)22-27-21(26)20-14-17(2)24(32)31(23(20)28-22)16-19-9-7-18(8-10-19)15-30-12-5-6-13-30/h7-10H,2,4-6,11-16H2,1,3H3,(H2,26,27,28). The number of nitrogens with two attached hydrogens (primary N) is 1. The molecule has 8 nitrogen and oxygen atoms in total. The molecule has 1 saturated heterocycles. The van der Waals surface area contributed by atoms with Gasteiger partial charge in [-0.2, -0.15) is 0 Å². The number of carbonyl (C=O) groups is 2. The Morgan fingerprint density at radius 1 is 1.12 bits per heavy atom. The van der Waals surface area contributed by atoms with Gasteiger partial charge in [0, 0.05) is 37.7 Å². The van der Waals surface area contributed by atoms with Crippen molar-refractivity contribution in [3.05, 3.63) is 58.9 Å². The number of likely N-dealkylation sites (tertiary alicyclic amines) is 1. The summed E-state index contributed by atoms with van der Waals surface area (Å²) in [6.07, 6.45) is 3.63. The van der Waals surface area contributed by atoms with Gasteiger partial charge in [-0.15, -0.1) is 0 Å². The van der Waals surface area contributed by atoms with Crippen LogP contribution in [0.5, 0.6) is 0 Å². The lowest BCUT2D eigenvalue weighted by Gasteiger charge is -2.30. The fourth-order valence-corrected chi connectivity index (χ4v) is 4.44. The fourth-order valence-electron chi connectivity index (χ4n) is 4.44. The molecule has 0 bridgehead atoms. The van der Waals surface area contributed by atoms with Gasteiger partial charge in [0.1, 0.15) is 11.6 Å². The van der Waals surface area contributed by atoms with Gasteiger partial charge in [0.15, 0.2) is 0 Å². The molecule has 0 unspecified atom stereocenters. The first-order chi connectivity index (χ1) is 15.9. The monoisotopic (exact) mass is 448 g/mol. The summed E-state index contributed by atoms with van der Waals surface area (Å²) in [5.74, 6) is 0.104. The van der Waals surface area contributed by atoms with Crippen LogP contribution in [0.3, 0.4) is 0 Å². The number of hydrogen-bond donors (Lipinski definition) is 1. The second-order valence-corrected chi connectivity index (χ2v) is 8.93. The first kappa shape index (κ1) is 22.9. The van der Waals surface area contributed by atoms with Crippen LogP contribution in [0.4, 0.5) is 11.6 Å². The van der Waals surface area contributed by atoms with E-state index in [1.54, 1.807) is 16.8 Å². The number of fused-ring (bicyclic) bond motifs is 1. The van der Waals surface area contributed by atoms with E-state index < -0.39 is 0 Å². The molecule has 0 atom stereocenters. The highest BCUT2D eigenvalue weighted by Crippen LogP contribution is 2.32. The maximum Gasteiger partial charge on any atom is 0.291 e. The van der Waals surface area contributed by atoms with Crippen molar-refractivity contribution in [2.24, 2.45) is 0 Å². The normalized spacial score (nSPS) is 16.2. The third-order valence-electron chi connectivity index (χ3n) is 6.28. The number of aromatic nitrogens is 2. The van der Waals surface area contributed by atoms with Crippen molar-refractivity contribution in [2.45, 2.75) is 45.7 Å². The second-order valence-electron chi connectivity index (χ2n) is 8.93. The number of benzene rings is 1. The molecule has 3 heterocycles. The van der Waals surface area contributed by atoms with Gasteiger partial charge in [0.05, 0.1) is 6.54 Å². The van der Waals surface area contributed by atoms with E-state index >= 15 is 0 Å². The lowest BCUT2D eigenvalue weighted by atomic mass is 10.00. The number of amides is 2. The Morgan fingerprint density at radius 3 is 2.39 bits per heavy atom. The zero-order chi connectivity index (χ0) is 23.5. The largest absolute Gasteiger partial charge is 0.383 e. The minimum atomic E-state index is -0.311. The van der Waals surface area contributed by atoms with E-state index in [-0.39, 0.29) is 29.9 Å². The molecule has 1 fully saturated rings. The highest BCUT2D eigenvalue weighted by Gasteiger charge is 2.32. The Morgan fingerprint density at radius 2 is 1.76 bits per heavy atom. The van der Waals surface area contributed by atoms with Gasteiger partial charge in [0.25, 0.3) is 11.8 Å². The van der Waals surface area contributed by atoms with Crippen molar-refractivity contribution in [3.8, 4) is 0 Å². The second kappa shape index (κ2) is 9.70. The van der Waals surface area contributed by atoms with Crippen molar-refractivity contribution < 1.29 is 9.59 Å². The van der Waals surface area contributed by atoms with Gasteiger partial charge >= 0.3 is 0 Å². The number of anilines is 2. The van der Waals surface area contributed by atoms with Gasteiger partial charge in [-0.3, -0.25) is 19.4 Å². The molecule has 1 aromatic carbocycles. The van der Waals surface area contributed by atoms with Crippen molar-refractivity contribution in [3.63, 3.8) is 0 Å². The summed E-state index contributed by atoms with van der Waals surface area (Å²) in [7, 11) is 1.71. The number of hydrogen-bond acceptors (Lipinski definition) is 6. The highest BCUT2D eigenvalue weighted by molar-refractivity contribution is 6.08. The van der Waals surface area contributed by atoms with Crippen molar-refractivity contribution in [2.75, 3.05) is 37.3 Å². The van der Waals surface area contributed by atoms with Crippen molar-refractivity contribution >= 4 is 23.5 Å². The quantitative estimate of drug-likeness (QED) is 0.655. The van der Waals surface area contributed by atoms with Gasteiger partial charge in [-0.05, 0) is 43.5 Å². The molecular weight excluding hydrogens is 416 g/mol. The smallest absolute Gasteiger partial charge is 0.291 e. The summed E-state index contributed by atoms with van der Waals surface area (Å²) in [6, 6.07) is 8.31. The van der Waals surface area contributed by atoms with E-state index in [4.69, 9.17) is 5.73 Å². The molecule has 0 radical (unpaired) electrons. The molecule has 8 heteroatoms. The lowest BCUT2D eigenvalue weighted by molar-refractivity contribution is -0.115.